The number of halogens is 4. The fourth-order valence-corrected chi connectivity index (χ4v) is 4.77. The lowest BCUT2D eigenvalue weighted by atomic mass is 10.1. The molecule has 0 aliphatic carbocycles. The molecule has 5 nitrogen and oxygen atoms in total. The van der Waals surface area contributed by atoms with E-state index in [9.17, 15) is 22.8 Å². The van der Waals surface area contributed by atoms with Gasteiger partial charge in [0, 0.05) is 49.9 Å². The van der Waals surface area contributed by atoms with Gasteiger partial charge >= 0.3 is 11.0 Å². The Balaban J connectivity index is 1.37. The van der Waals surface area contributed by atoms with Gasteiger partial charge in [-0.05, 0) is 36.4 Å². The molecule has 10 heteroatoms. The van der Waals surface area contributed by atoms with Crippen molar-refractivity contribution >= 4 is 44.7 Å². The van der Waals surface area contributed by atoms with E-state index in [4.69, 9.17) is 11.6 Å². The average Bonchev–Trinajstić information content (AvgIpc) is 3.06. The smallest absolute Gasteiger partial charge is 0.368 e. The van der Waals surface area contributed by atoms with Gasteiger partial charge in [0.1, 0.15) is 0 Å². The fourth-order valence-electron chi connectivity index (χ4n) is 3.71. The maximum atomic E-state index is 13.0. The van der Waals surface area contributed by atoms with Crippen LogP contribution in [0.4, 0.5) is 18.9 Å². The first-order valence-electron chi connectivity index (χ1n) is 9.71. The number of carbonyl (C=O) groups excluding carboxylic acids is 1. The molecule has 1 aliphatic heterocycles. The topological polar surface area (TPSA) is 45.6 Å². The molecule has 0 spiro atoms. The minimum Gasteiger partial charge on any atom is -0.368 e. The number of hydrogen-bond donors (Lipinski definition) is 0. The zero-order valence-electron chi connectivity index (χ0n) is 16.4. The van der Waals surface area contributed by atoms with Crippen molar-refractivity contribution < 1.29 is 18.0 Å². The number of thiazole rings is 1. The minimum absolute atomic E-state index is 0.0861. The summed E-state index contributed by atoms with van der Waals surface area (Å²) in [5.74, 6) is -0.0861. The van der Waals surface area contributed by atoms with Crippen LogP contribution < -0.4 is 9.77 Å². The van der Waals surface area contributed by atoms with Crippen molar-refractivity contribution in [2.45, 2.75) is 19.1 Å². The van der Waals surface area contributed by atoms with Crippen LogP contribution in [0.2, 0.25) is 5.02 Å². The molecule has 1 saturated heterocycles. The number of alkyl halides is 3. The van der Waals surface area contributed by atoms with E-state index in [0.29, 0.717) is 42.4 Å². The largest absolute Gasteiger partial charge is 0.416 e. The van der Waals surface area contributed by atoms with Crippen molar-refractivity contribution in [1.29, 1.82) is 0 Å². The zero-order valence-corrected chi connectivity index (χ0v) is 17.9. The first kappa shape index (κ1) is 21.7. The fraction of sp³-hybridized carbons (Fsp3) is 0.333. The van der Waals surface area contributed by atoms with Crippen molar-refractivity contribution in [3.8, 4) is 0 Å². The van der Waals surface area contributed by atoms with E-state index >= 15 is 0 Å². The van der Waals surface area contributed by atoms with Crippen molar-refractivity contribution in [2.75, 3.05) is 31.1 Å². The number of fused-ring (bicyclic) bond motifs is 1. The van der Waals surface area contributed by atoms with Crippen LogP contribution in [-0.2, 0) is 17.5 Å². The molecule has 0 bridgehead atoms. The number of nitrogens with zero attached hydrogens (tertiary/aromatic N) is 3. The van der Waals surface area contributed by atoms with Crippen molar-refractivity contribution in [1.82, 2.24) is 9.47 Å². The van der Waals surface area contributed by atoms with Crippen LogP contribution in [0.3, 0.4) is 0 Å². The van der Waals surface area contributed by atoms with Crippen molar-refractivity contribution in [3.05, 3.63) is 62.7 Å². The van der Waals surface area contributed by atoms with E-state index in [1.807, 2.05) is 4.90 Å². The Hall–Kier alpha value is -2.52. The lowest BCUT2D eigenvalue weighted by Gasteiger charge is -2.36. The van der Waals surface area contributed by atoms with Crippen molar-refractivity contribution in [2.24, 2.45) is 0 Å². The number of aromatic nitrogens is 1. The minimum atomic E-state index is -4.39. The van der Waals surface area contributed by atoms with Gasteiger partial charge in [0.05, 0.1) is 15.8 Å². The number of piperazine rings is 1. The number of amides is 1. The predicted molar refractivity (Wildman–Crippen MR) is 116 cm³/mol. The molecule has 3 aromatic rings. The molecular weight excluding hydrogens is 451 g/mol. The predicted octanol–water partition coefficient (Wildman–Crippen LogP) is 4.47. The van der Waals surface area contributed by atoms with Crippen LogP contribution in [0.15, 0.2) is 47.3 Å². The second kappa shape index (κ2) is 8.55. The molecule has 2 heterocycles. The number of anilines is 1. The van der Waals surface area contributed by atoms with Gasteiger partial charge in [-0.25, -0.2) is 0 Å². The quantitative estimate of drug-likeness (QED) is 0.566. The Kier molecular flexibility index (Phi) is 5.98. The van der Waals surface area contributed by atoms with E-state index in [-0.39, 0.29) is 23.7 Å². The lowest BCUT2D eigenvalue weighted by Crippen LogP contribution is -2.49. The van der Waals surface area contributed by atoms with E-state index in [2.05, 4.69) is 0 Å². The second-order valence-corrected chi connectivity index (χ2v) is 8.73. The van der Waals surface area contributed by atoms with Crippen LogP contribution in [0.1, 0.15) is 12.0 Å². The summed E-state index contributed by atoms with van der Waals surface area (Å²) >= 11 is 7.14. The SMILES string of the molecule is O=C(CCn1c(=O)sc2ccc(Cl)cc21)N1CCN(c2cccc(C(F)(F)F)c2)CC1. The molecule has 164 valence electrons. The summed E-state index contributed by atoms with van der Waals surface area (Å²) in [6, 6.07) is 10.4. The number of aryl methyl sites for hydroxylation is 1. The summed E-state index contributed by atoms with van der Waals surface area (Å²) in [7, 11) is 0. The van der Waals surface area contributed by atoms with Gasteiger partial charge in [0.2, 0.25) is 5.91 Å². The number of hydrogen-bond acceptors (Lipinski definition) is 4. The Morgan fingerprint density at radius 2 is 1.81 bits per heavy atom. The summed E-state index contributed by atoms with van der Waals surface area (Å²) in [5.41, 5.74) is 0.525. The molecule has 4 rings (SSSR count). The first-order chi connectivity index (χ1) is 14.7. The Morgan fingerprint density at radius 3 is 2.52 bits per heavy atom. The molecule has 1 amide bonds. The van der Waals surface area contributed by atoms with Gasteiger partial charge in [-0.15, -0.1) is 0 Å². The summed E-state index contributed by atoms with van der Waals surface area (Å²) < 4.78 is 41.2. The van der Waals surface area contributed by atoms with Crippen LogP contribution >= 0.6 is 22.9 Å². The highest BCUT2D eigenvalue weighted by Crippen LogP contribution is 2.32. The highest BCUT2D eigenvalue weighted by Gasteiger charge is 2.31. The molecule has 1 fully saturated rings. The molecule has 0 radical (unpaired) electrons. The molecule has 0 atom stereocenters. The molecule has 0 N–H and O–H groups in total. The highest BCUT2D eigenvalue weighted by molar-refractivity contribution is 7.16. The third kappa shape index (κ3) is 4.72. The van der Waals surface area contributed by atoms with Gasteiger partial charge in [-0.3, -0.25) is 14.2 Å². The van der Waals surface area contributed by atoms with Gasteiger partial charge in [0.15, 0.2) is 0 Å². The van der Waals surface area contributed by atoms with Gasteiger partial charge < -0.3 is 9.80 Å². The van der Waals surface area contributed by atoms with Crippen LogP contribution in [0.5, 0.6) is 0 Å². The summed E-state index contributed by atoms with van der Waals surface area (Å²) in [6.45, 7) is 1.99. The monoisotopic (exact) mass is 469 g/mol. The lowest BCUT2D eigenvalue weighted by molar-refractivity contribution is -0.137. The van der Waals surface area contributed by atoms with E-state index in [1.54, 1.807) is 33.7 Å². The summed E-state index contributed by atoms with van der Waals surface area (Å²) in [4.78, 5) is 28.3. The molecule has 0 saturated carbocycles. The van der Waals surface area contributed by atoms with Gasteiger partial charge in [-0.1, -0.05) is 29.0 Å². The molecular formula is C21H19ClF3N3O2S. The first-order valence-corrected chi connectivity index (χ1v) is 10.9. The van der Waals surface area contributed by atoms with E-state index in [0.717, 1.165) is 28.2 Å². The van der Waals surface area contributed by atoms with Crippen LogP contribution in [-0.4, -0.2) is 41.6 Å². The zero-order chi connectivity index (χ0) is 22.2. The maximum absolute atomic E-state index is 13.0. The van der Waals surface area contributed by atoms with Gasteiger partial charge in [-0.2, -0.15) is 13.2 Å². The second-order valence-electron chi connectivity index (χ2n) is 7.30. The number of carbonyl (C=O) groups is 1. The van der Waals surface area contributed by atoms with E-state index < -0.39 is 11.7 Å². The Bertz CT molecular complexity index is 1170. The summed E-state index contributed by atoms with van der Waals surface area (Å²) in [6.07, 6.45) is -4.22. The Morgan fingerprint density at radius 1 is 1.06 bits per heavy atom. The molecule has 1 aliphatic rings. The highest BCUT2D eigenvalue weighted by atomic mass is 35.5. The summed E-state index contributed by atoms with van der Waals surface area (Å²) in [5, 5.41) is 0.524. The standard InChI is InChI=1S/C21H19ClF3N3O2S/c22-15-4-5-18-17(13-15)28(20(30)31-18)7-6-19(29)27-10-8-26(9-11-27)16-3-1-2-14(12-16)21(23,24)25/h1-5,12-13H,6-11H2. The van der Waals surface area contributed by atoms with E-state index in [1.165, 1.54) is 6.07 Å². The number of benzene rings is 2. The van der Waals surface area contributed by atoms with Crippen molar-refractivity contribution in [3.63, 3.8) is 0 Å². The normalized spacial score (nSPS) is 15.0. The maximum Gasteiger partial charge on any atom is 0.416 e. The van der Waals surface area contributed by atoms with Crippen LogP contribution in [0, 0.1) is 0 Å². The molecule has 1 aromatic heterocycles. The third-order valence-corrected chi connectivity index (χ3v) is 6.54. The molecule has 0 unspecified atom stereocenters. The van der Waals surface area contributed by atoms with Crippen LogP contribution in [0.25, 0.3) is 10.2 Å². The Labute approximate surface area is 185 Å². The molecule has 2 aromatic carbocycles. The molecule has 31 heavy (non-hydrogen) atoms. The third-order valence-electron chi connectivity index (χ3n) is 5.35. The average molecular weight is 470 g/mol. The number of rotatable bonds is 4. The van der Waals surface area contributed by atoms with Gasteiger partial charge in [0.25, 0.3) is 0 Å².